The van der Waals surface area contributed by atoms with Crippen molar-refractivity contribution in [3.8, 4) is 10.4 Å². The molecule has 0 aliphatic carbocycles. The molecule has 1 aromatic carbocycles. The van der Waals surface area contributed by atoms with E-state index in [-0.39, 0.29) is 30.2 Å². The van der Waals surface area contributed by atoms with Crippen LogP contribution in [0.1, 0.15) is 38.4 Å². The number of hydrogen-bond acceptors (Lipinski definition) is 6. The van der Waals surface area contributed by atoms with Gasteiger partial charge in [-0.05, 0) is 23.5 Å². The minimum Gasteiger partial charge on any atom is -0.391 e. The number of thiazole rings is 1. The monoisotopic (exact) mass is 556 g/mol. The van der Waals surface area contributed by atoms with Crippen molar-refractivity contribution in [3.63, 3.8) is 0 Å². The van der Waals surface area contributed by atoms with Crippen LogP contribution in [0.2, 0.25) is 0 Å². The molecular formula is C22H29IN4O3S. The fourth-order valence-electron chi connectivity index (χ4n) is 3.71. The maximum absolute atomic E-state index is 13.1. The number of carbonyl (C=O) groups excluding carboxylic acids is 2. The summed E-state index contributed by atoms with van der Waals surface area (Å²) in [7, 11) is 0. The molecule has 2 amide bonds. The number of halogens is 1. The Hall–Kier alpha value is -1.56. The molecule has 1 aromatic heterocycles. The lowest BCUT2D eigenvalue weighted by molar-refractivity contribution is -0.141. The number of benzene rings is 1. The van der Waals surface area contributed by atoms with Crippen LogP contribution in [0.3, 0.4) is 0 Å². The number of amides is 2. The van der Waals surface area contributed by atoms with Gasteiger partial charge in [-0.2, -0.15) is 0 Å². The van der Waals surface area contributed by atoms with Gasteiger partial charge in [0.2, 0.25) is 11.8 Å². The summed E-state index contributed by atoms with van der Waals surface area (Å²) in [6, 6.07) is 6.90. The second-order valence-corrected chi connectivity index (χ2v) is 10.5. The average Bonchev–Trinajstić information content (AvgIpc) is 3.31. The molecule has 1 fully saturated rings. The van der Waals surface area contributed by atoms with E-state index in [4.69, 9.17) is 0 Å². The molecule has 2 aromatic rings. The molecule has 1 unspecified atom stereocenters. The van der Waals surface area contributed by atoms with Crippen molar-refractivity contribution in [1.82, 2.24) is 18.7 Å². The Balaban J connectivity index is 1.65. The highest BCUT2D eigenvalue weighted by atomic mass is 127. The highest BCUT2D eigenvalue weighted by Gasteiger charge is 2.43. The number of rotatable bonds is 6. The van der Waals surface area contributed by atoms with Crippen molar-refractivity contribution in [2.24, 2.45) is 5.41 Å². The molecule has 0 bridgehead atoms. The molecule has 0 spiro atoms. The van der Waals surface area contributed by atoms with Gasteiger partial charge in [0, 0.05) is 42.4 Å². The van der Waals surface area contributed by atoms with Crippen molar-refractivity contribution in [1.29, 1.82) is 0 Å². The van der Waals surface area contributed by atoms with Gasteiger partial charge in [0.05, 0.1) is 22.2 Å². The van der Waals surface area contributed by atoms with Crippen molar-refractivity contribution in [3.05, 3.63) is 41.0 Å². The van der Waals surface area contributed by atoms with E-state index < -0.39 is 18.2 Å². The molecule has 0 radical (unpaired) electrons. The largest absolute Gasteiger partial charge is 0.391 e. The van der Waals surface area contributed by atoms with Crippen LogP contribution in [-0.4, -0.2) is 51.5 Å². The van der Waals surface area contributed by atoms with Gasteiger partial charge in [0.15, 0.2) is 0 Å². The summed E-state index contributed by atoms with van der Waals surface area (Å²) in [4.78, 5) is 32.9. The molecule has 0 saturated carbocycles. The lowest BCUT2D eigenvalue weighted by Gasteiger charge is -2.34. The standard InChI is InChI=1S/C22H29IN4O3S/c1-13-18(31-12-25-13)15-7-5-14(6-8-15)10-24-20(29)17-9-16(28)11-27(17)21(30)19(26-23)22(2,3)4/h5-8,12,16-17,19,26,28H,9-11H2,1-4H3,(H,24,29)/t16-,17?,19+/m1/s1. The van der Waals surface area contributed by atoms with E-state index in [9.17, 15) is 14.7 Å². The van der Waals surface area contributed by atoms with Crippen molar-refractivity contribution in [2.45, 2.75) is 58.8 Å². The lowest BCUT2D eigenvalue weighted by Crippen LogP contribution is -2.54. The van der Waals surface area contributed by atoms with E-state index in [2.05, 4.69) is 13.8 Å². The predicted molar refractivity (Wildman–Crippen MR) is 131 cm³/mol. The quantitative estimate of drug-likeness (QED) is 0.376. The Bertz CT molecular complexity index is 926. The van der Waals surface area contributed by atoms with Gasteiger partial charge in [0.1, 0.15) is 12.1 Å². The number of nitrogens with one attached hydrogen (secondary N) is 2. The highest BCUT2D eigenvalue weighted by molar-refractivity contribution is 14.1. The first kappa shape index (κ1) is 24.1. The van der Waals surface area contributed by atoms with Crippen molar-refractivity contribution >= 4 is 46.0 Å². The third-order valence-electron chi connectivity index (χ3n) is 5.52. The number of aromatic nitrogens is 1. The molecule has 168 valence electrons. The van der Waals surface area contributed by atoms with E-state index in [0.29, 0.717) is 6.54 Å². The molecule has 1 aliphatic heterocycles. The fourth-order valence-corrected chi connectivity index (χ4v) is 5.72. The Morgan fingerprint density at radius 3 is 2.55 bits per heavy atom. The molecule has 9 heteroatoms. The Kier molecular flexibility index (Phi) is 7.72. The molecular weight excluding hydrogens is 527 g/mol. The Morgan fingerprint density at radius 2 is 2.00 bits per heavy atom. The maximum atomic E-state index is 13.1. The minimum absolute atomic E-state index is 0.164. The van der Waals surface area contributed by atoms with E-state index in [0.717, 1.165) is 21.7 Å². The SMILES string of the molecule is Cc1ncsc1-c1ccc(CNC(=O)C2C[C@@H](O)CN2C(=O)[C@H](NI)C(C)(C)C)cc1. The summed E-state index contributed by atoms with van der Waals surface area (Å²) in [5.74, 6) is -0.406. The number of likely N-dealkylation sites (tertiary alicyclic amines) is 1. The topological polar surface area (TPSA) is 94.6 Å². The van der Waals surface area contributed by atoms with Crippen LogP contribution in [0, 0.1) is 12.3 Å². The molecule has 1 saturated heterocycles. The second kappa shape index (κ2) is 9.93. The average molecular weight is 556 g/mol. The van der Waals surface area contributed by atoms with E-state index in [1.165, 1.54) is 4.90 Å². The normalized spacial score (nSPS) is 20.0. The van der Waals surface area contributed by atoms with Crippen LogP contribution in [0.5, 0.6) is 0 Å². The van der Waals surface area contributed by atoms with Gasteiger partial charge in [-0.1, -0.05) is 45.0 Å². The first-order valence-corrected chi connectivity index (χ1v) is 12.2. The van der Waals surface area contributed by atoms with Crippen LogP contribution in [0.15, 0.2) is 29.8 Å². The Morgan fingerprint density at radius 1 is 1.32 bits per heavy atom. The summed E-state index contributed by atoms with van der Waals surface area (Å²) >= 11 is 3.58. The molecule has 1 aliphatic rings. The molecule has 31 heavy (non-hydrogen) atoms. The van der Waals surface area contributed by atoms with Crippen molar-refractivity contribution in [2.75, 3.05) is 6.54 Å². The first-order valence-electron chi connectivity index (χ1n) is 10.2. The second-order valence-electron chi connectivity index (χ2n) is 8.99. The molecule has 3 N–H and O–H groups in total. The summed E-state index contributed by atoms with van der Waals surface area (Å²) in [6.45, 7) is 8.44. The summed E-state index contributed by atoms with van der Waals surface area (Å²) in [5.41, 5.74) is 4.60. The smallest absolute Gasteiger partial charge is 0.243 e. The van der Waals surface area contributed by atoms with Gasteiger partial charge >= 0.3 is 0 Å². The number of β-amino-alcohol motifs (C(OH)–C–C–N with tert-alkyl or cyclic N) is 1. The van der Waals surface area contributed by atoms with Gasteiger partial charge in [-0.25, -0.2) is 8.51 Å². The van der Waals surface area contributed by atoms with Gasteiger partial charge in [-0.15, -0.1) is 11.3 Å². The van der Waals surface area contributed by atoms with E-state index in [1.54, 1.807) is 11.3 Å². The number of nitrogens with zero attached hydrogens (tertiary/aromatic N) is 2. The zero-order chi connectivity index (χ0) is 22.8. The molecule has 3 rings (SSSR count). The van der Waals surface area contributed by atoms with Gasteiger partial charge in [-0.3, -0.25) is 9.59 Å². The molecule has 3 atom stereocenters. The minimum atomic E-state index is -0.698. The zero-order valence-corrected chi connectivity index (χ0v) is 21.2. The lowest BCUT2D eigenvalue weighted by atomic mass is 9.86. The molecule has 7 nitrogen and oxygen atoms in total. The van der Waals surface area contributed by atoms with E-state index in [1.807, 2.05) is 80.3 Å². The number of aliphatic hydroxyl groups excluding tert-OH is 1. The number of carbonyl (C=O) groups is 2. The predicted octanol–water partition coefficient (Wildman–Crippen LogP) is 3.05. The third kappa shape index (κ3) is 5.63. The van der Waals surface area contributed by atoms with Gasteiger partial charge in [0.25, 0.3) is 0 Å². The first-order chi connectivity index (χ1) is 14.6. The number of hydrogen-bond donors (Lipinski definition) is 3. The van der Waals surface area contributed by atoms with Crippen LogP contribution < -0.4 is 8.85 Å². The van der Waals surface area contributed by atoms with Crippen LogP contribution >= 0.6 is 34.2 Å². The maximum Gasteiger partial charge on any atom is 0.243 e. The van der Waals surface area contributed by atoms with E-state index >= 15 is 0 Å². The summed E-state index contributed by atoms with van der Waals surface area (Å²) in [6.07, 6.45) is -0.448. The zero-order valence-electron chi connectivity index (χ0n) is 18.2. The summed E-state index contributed by atoms with van der Waals surface area (Å²) in [5, 5.41) is 13.1. The highest BCUT2D eigenvalue weighted by Crippen LogP contribution is 2.28. The van der Waals surface area contributed by atoms with Crippen LogP contribution in [0.25, 0.3) is 10.4 Å². The third-order valence-corrected chi connectivity index (χ3v) is 7.12. The summed E-state index contributed by atoms with van der Waals surface area (Å²) < 4.78 is 3.03. The van der Waals surface area contributed by atoms with Gasteiger partial charge < -0.3 is 15.3 Å². The van der Waals surface area contributed by atoms with Crippen molar-refractivity contribution < 1.29 is 14.7 Å². The Labute approximate surface area is 201 Å². The van der Waals surface area contributed by atoms with Crippen LogP contribution in [-0.2, 0) is 16.1 Å². The van der Waals surface area contributed by atoms with Crippen LogP contribution in [0.4, 0.5) is 0 Å². The molecule has 2 heterocycles. The number of aryl methyl sites for hydroxylation is 1. The fraction of sp³-hybridized carbons (Fsp3) is 0.500. The number of aliphatic hydroxyl groups is 1.